The van der Waals surface area contributed by atoms with Gasteiger partial charge in [-0.2, -0.15) is 4.98 Å². The van der Waals surface area contributed by atoms with E-state index in [2.05, 4.69) is 35.5 Å². The molecule has 1 aliphatic heterocycles. The number of methoxy groups -OCH3 is 2. The lowest BCUT2D eigenvalue weighted by molar-refractivity contribution is 0.311. The number of aromatic nitrogens is 4. The molecule has 0 bridgehead atoms. The van der Waals surface area contributed by atoms with E-state index < -0.39 is 10.8 Å². The second kappa shape index (κ2) is 10.6. The zero-order chi connectivity index (χ0) is 23.2. The highest BCUT2D eigenvalue weighted by Crippen LogP contribution is 2.30. The Morgan fingerprint density at radius 3 is 2.58 bits per heavy atom. The van der Waals surface area contributed by atoms with Crippen molar-refractivity contribution in [2.45, 2.75) is 6.54 Å². The predicted octanol–water partition coefficient (Wildman–Crippen LogP) is 1.02. The maximum atomic E-state index is 11.8. The second-order valence-electron chi connectivity index (χ2n) is 7.32. The zero-order valence-corrected chi connectivity index (χ0v) is 19.4. The molecule has 0 radical (unpaired) electrons. The fraction of sp³-hybridized carbons (Fsp3) is 0.429. The van der Waals surface area contributed by atoms with Gasteiger partial charge in [0.1, 0.15) is 17.4 Å². The van der Waals surface area contributed by atoms with Crippen LogP contribution >= 0.6 is 0 Å². The number of anilines is 3. The Morgan fingerprint density at radius 2 is 1.85 bits per heavy atom. The predicted molar refractivity (Wildman–Crippen MR) is 128 cm³/mol. The molecule has 0 saturated carbocycles. The number of aliphatic hydroxyl groups excluding tert-OH is 1. The van der Waals surface area contributed by atoms with Crippen LogP contribution in [0.4, 0.5) is 17.6 Å². The molecule has 3 heterocycles. The minimum atomic E-state index is -0.811. The Morgan fingerprint density at radius 1 is 1.06 bits per heavy atom. The standard InChI is InChI=1S/C21H27N7O4S/c1-31-15-4-3-14(11-16(15)32-2)12-23-19-17-18(24-13-25-19)20(27-21(26-17)22-5-8-29)28-6-9-33(30)10-7-28/h3-4,11,13,29H,5-10,12H2,1-2H3,(H,22,26,27)(H,23,24,25). The smallest absolute Gasteiger partial charge is 0.225 e. The van der Waals surface area contributed by atoms with Gasteiger partial charge in [0.2, 0.25) is 5.95 Å². The molecule has 0 aliphatic carbocycles. The van der Waals surface area contributed by atoms with Gasteiger partial charge in [-0.1, -0.05) is 6.07 Å². The Hall–Kier alpha value is -3.25. The van der Waals surface area contributed by atoms with Crippen molar-refractivity contribution in [1.29, 1.82) is 0 Å². The van der Waals surface area contributed by atoms with E-state index in [4.69, 9.17) is 9.47 Å². The van der Waals surface area contributed by atoms with E-state index in [-0.39, 0.29) is 6.61 Å². The summed E-state index contributed by atoms with van der Waals surface area (Å²) in [4.78, 5) is 20.2. The molecule has 11 nitrogen and oxygen atoms in total. The van der Waals surface area contributed by atoms with Crippen LogP contribution in [0.5, 0.6) is 11.5 Å². The molecular formula is C21H27N7O4S. The third-order valence-corrected chi connectivity index (χ3v) is 6.52. The minimum absolute atomic E-state index is 0.0465. The van der Waals surface area contributed by atoms with Crippen molar-refractivity contribution < 1.29 is 18.8 Å². The number of aliphatic hydroxyl groups is 1. The summed E-state index contributed by atoms with van der Waals surface area (Å²) in [5.41, 5.74) is 2.16. The number of nitrogens with one attached hydrogen (secondary N) is 2. The summed E-state index contributed by atoms with van der Waals surface area (Å²) in [6.07, 6.45) is 1.48. The van der Waals surface area contributed by atoms with Gasteiger partial charge in [-0.25, -0.2) is 15.0 Å². The van der Waals surface area contributed by atoms with Gasteiger partial charge in [0.25, 0.3) is 0 Å². The highest BCUT2D eigenvalue weighted by Gasteiger charge is 2.22. The fourth-order valence-electron chi connectivity index (χ4n) is 3.56. The van der Waals surface area contributed by atoms with E-state index in [1.165, 1.54) is 6.33 Å². The van der Waals surface area contributed by atoms with Gasteiger partial charge in [-0.05, 0) is 17.7 Å². The number of benzene rings is 1. The largest absolute Gasteiger partial charge is 0.493 e. The Balaban J connectivity index is 1.67. The van der Waals surface area contributed by atoms with E-state index in [0.29, 0.717) is 77.8 Å². The first-order chi connectivity index (χ1) is 16.1. The topological polar surface area (TPSA) is 135 Å². The molecule has 4 rings (SSSR count). The molecule has 176 valence electrons. The molecule has 3 aromatic rings. The van der Waals surface area contributed by atoms with Crippen molar-refractivity contribution in [3.8, 4) is 11.5 Å². The molecule has 1 fully saturated rings. The van der Waals surface area contributed by atoms with Crippen LogP contribution in [-0.4, -0.2) is 81.2 Å². The van der Waals surface area contributed by atoms with Crippen molar-refractivity contribution in [1.82, 2.24) is 19.9 Å². The molecule has 0 atom stereocenters. The lowest BCUT2D eigenvalue weighted by Gasteiger charge is -2.28. The van der Waals surface area contributed by atoms with Gasteiger partial charge in [0.05, 0.1) is 20.8 Å². The van der Waals surface area contributed by atoms with Crippen molar-refractivity contribution in [3.05, 3.63) is 30.1 Å². The van der Waals surface area contributed by atoms with Crippen LogP contribution in [0, 0.1) is 0 Å². The van der Waals surface area contributed by atoms with E-state index in [0.717, 1.165) is 5.56 Å². The molecule has 2 aromatic heterocycles. The first-order valence-electron chi connectivity index (χ1n) is 10.5. The van der Waals surface area contributed by atoms with Crippen LogP contribution in [0.3, 0.4) is 0 Å². The molecule has 3 N–H and O–H groups in total. The van der Waals surface area contributed by atoms with Crippen LogP contribution in [0.2, 0.25) is 0 Å². The highest BCUT2D eigenvalue weighted by atomic mass is 32.2. The molecule has 1 aliphatic rings. The summed E-state index contributed by atoms with van der Waals surface area (Å²) in [6.45, 7) is 1.99. The van der Waals surface area contributed by atoms with Gasteiger partial charge in [0, 0.05) is 48.5 Å². The first-order valence-corrected chi connectivity index (χ1v) is 12.0. The molecule has 0 unspecified atom stereocenters. The van der Waals surface area contributed by atoms with Crippen molar-refractivity contribution in [3.63, 3.8) is 0 Å². The van der Waals surface area contributed by atoms with Crippen LogP contribution in [-0.2, 0) is 17.3 Å². The third-order valence-electron chi connectivity index (χ3n) is 5.24. The Kier molecular flexibility index (Phi) is 7.35. The highest BCUT2D eigenvalue weighted by molar-refractivity contribution is 7.85. The second-order valence-corrected chi connectivity index (χ2v) is 9.01. The molecule has 1 saturated heterocycles. The molecule has 0 amide bonds. The van der Waals surface area contributed by atoms with E-state index in [9.17, 15) is 9.32 Å². The van der Waals surface area contributed by atoms with Crippen LogP contribution < -0.4 is 25.0 Å². The molecule has 33 heavy (non-hydrogen) atoms. The zero-order valence-electron chi connectivity index (χ0n) is 18.6. The van der Waals surface area contributed by atoms with Crippen molar-refractivity contribution in [2.75, 3.05) is 67.5 Å². The number of hydrogen-bond donors (Lipinski definition) is 3. The summed E-state index contributed by atoms with van der Waals surface area (Å²) in [7, 11) is 2.39. The van der Waals surface area contributed by atoms with Gasteiger partial charge in [-0.3, -0.25) is 4.21 Å². The van der Waals surface area contributed by atoms with Gasteiger partial charge < -0.3 is 30.1 Å². The molecule has 0 spiro atoms. The maximum Gasteiger partial charge on any atom is 0.225 e. The van der Waals surface area contributed by atoms with Crippen LogP contribution in [0.15, 0.2) is 24.5 Å². The van der Waals surface area contributed by atoms with Crippen LogP contribution in [0.1, 0.15) is 5.56 Å². The number of rotatable bonds is 9. The van der Waals surface area contributed by atoms with Gasteiger partial charge >= 0.3 is 0 Å². The van der Waals surface area contributed by atoms with Gasteiger partial charge in [0.15, 0.2) is 23.1 Å². The maximum absolute atomic E-state index is 11.8. The molecule has 12 heteroatoms. The lowest BCUT2D eigenvalue weighted by Crippen LogP contribution is -2.38. The van der Waals surface area contributed by atoms with Gasteiger partial charge in [-0.15, -0.1) is 0 Å². The van der Waals surface area contributed by atoms with E-state index >= 15 is 0 Å². The quantitative estimate of drug-likeness (QED) is 0.411. The number of ether oxygens (including phenoxy) is 2. The molecule has 1 aromatic carbocycles. The number of hydrogen-bond acceptors (Lipinski definition) is 11. The van der Waals surface area contributed by atoms with Crippen LogP contribution in [0.25, 0.3) is 11.0 Å². The SMILES string of the molecule is COc1ccc(CNc2ncnc3c(N4CCS(=O)CC4)nc(NCCO)nc23)cc1OC. The minimum Gasteiger partial charge on any atom is -0.493 e. The lowest BCUT2D eigenvalue weighted by atomic mass is 10.2. The first kappa shape index (κ1) is 22.9. The fourth-order valence-corrected chi connectivity index (χ4v) is 4.61. The summed E-state index contributed by atoms with van der Waals surface area (Å²) in [6, 6.07) is 5.70. The van der Waals surface area contributed by atoms with Crippen molar-refractivity contribution >= 4 is 39.4 Å². The summed E-state index contributed by atoms with van der Waals surface area (Å²) >= 11 is 0. The van der Waals surface area contributed by atoms with Crippen molar-refractivity contribution in [2.24, 2.45) is 0 Å². The summed E-state index contributed by atoms with van der Waals surface area (Å²) < 4.78 is 22.5. The average Bonchev–Trinajstić information content (AvgIpc) is 2.86. The normalized spacial score (nSPS) is 14.3. The number of nitrogens with zero attached hydrogens (tertiary/aromatic N) is 5. The Bertz CT molecular complexity index is 1140. The van der Waals surface area contributed by atoms with E-state index in [1.807, 2.05) is 18.2 Å². The third kappa shape index (κ3) is 5.22. The Labute approximate surface area is 194 Å². The molecular weight excluding hydrogens is 446 g/mol. The number of fused-ring (bicyclic) bond motifs is 1. The monoisotopic (exact) mass is 473 g/mol. The summed E-state index contributed by atoms with van der Waals surface area (Å²) in [5, 5.41) is 15.6. The summed E-state index contributed by atoms with van der Waals surface area (Å²) in [5.74, 6) is 4.07. The average molecular weight is 474 g/mol. The van der Waals surface area contributed by atoms with E-state index in [1.54, 1.807) is 14.2 Å².